The lowest BCUT2D eigenvalue weighted by atomic mass is 9.23. The van der Waals surface area contributed by atoms with Crippen LogP contribution in [-0.4, -0.2) is 24.7 Å². The Labute approximate surface area is 173 Å². The molecule has 3 unspecified atom stereocenters. The molecule has 29 heavy (non-hydrogen) atoms. The van der Waals surface area contributed by atoms with Gasteiger partial charge >= 0.3 is 0 Å². The van der Waals surface area contributed by atoms with Crippen LogP contribution in [0.25, 0.3) is 0 Å². The molecule has 1 spiro atoms. The van der Waals surface area contributed by atoms with Crippen molar-refractivity contribution in [2.24, 2.45) is 27.9 Å². The molecule has 0 saturated heterocycles. The van der Waals surface area contributed by atoms with E-state index in [-0.39, 0.29) is 34.4 Å². The van der Waals surface area contributed by atoms with Crippen molar-refractivity contribution in [3.63, 3.8) is 0 Å². The number of carbonyl (C=O) groups excluding carboxylic acids is 1. The highest BCUT2D eigenvalue weighted by Gasteiger charge is 2.90. The molecule has 5 aliphatic rings. The number of benzene rings is 1. The van der Waals surface area contributed by atoms with Gasteiger partial charge in [0.25, 0.3) is 0 Å². The zero-order valence-electron chi connectivity index (χ0n) is 17.3. The number of alkyl halides is 1. The van der Waals surface area contributed by atoms with Gasteiger partial charge in [0.05, 0.1) is 12.1 Å². The first-order valence-corrected chi connectivity index (χ1v) is 11.7. The third-order valence-electron chi connectivity index (χ3n) is 10.2. The highest BCUT2D eigenvalue weighted by atomic mass is 19.1. The maximum atomic E-state index is 13.7. The van der Waals surface area contributed by atoms with Crippen LogP contribution in [0, 0.1) is 22.2 Å². The third-order valence-corrected chi connectivity index (χ3v) is 10.2. The second-order valence-electron chi connectivity index (χ2n) is 11.1. The number of fused-ring (bicyclic) bond motifs is 1. The fourth-order valence-electron chi connectivity index (χ4n) is 9.31. The van der Waals surface area contributed by atoms with Crippen LogP contribution in [0.5, 0.6) is 0 Å². The Balaban J connectivity index is 1.32. The van der Waals surface area contributed by atoms with Crippen molar-refractivity contribution in [3.8, 4) is 0 Å². The zero-order valence-corrected chi connectivity index (χ0v) is 17.3. The summed E-state index contributed by atoms with van der Waals surface area (Å²) in [6.07, 6.45) is 9.92. The monoisotopic (exact) mass is 396 g/mol. The summed E-state index contributed by atoms with van der Waals surface area (Å²) in [5.41, 5.74) is 7.63. The second-order valence-corrected chi connectivity index (χ2v) is 11.1. The number of halogens is 1. The first-order chi connectivity index (χ1) is 14.0. The van der Waals surface area contributed by atoms with Gasteiger partial charge < -0.3 is 11.1 Å². The van der Waals surface area contributed by atoms with E-state index in [0.717, 1.165) is 57.8 Å². The van der Waals surface area contributed by atoms with Gasteiger partial charge in [0.1, 0.15) is 0 Å². The van der Waals surface area contributed by atoms with Crippen molar-refractivity contribution < 1.29 is 9.18 Å². The van der Waals surface area contributed by atoms with Gasteiger partial charge in [-0.1, -0.05) is 30.3 Å². The van der Waals surface area contributed by atoms with Crippen molar-refractivity contribution >= 4 is 5.91 Å². The standard InChI is InChI=1S/C25H33FN2O/c26-11-10-23-13-18-12-22(21(29)28-20-8-6-19(27)7-9-20)14-24(16-23,25(18,23)15-22)17-4-2-1-3-5-17/h1-5,18-20H,6-16,27H2,(H,28,29)/t18?,19?,20?,22?,23-,24-,25?/m1/s1. The molecule has 5 fully saturated rings. The molecule has 0 aromatic heterocycles. The minimum Gasteiger partial charge on any atom is -0.353 e. The normalized spacial score (nSPS) is 49.1. The number of amides is 1. The average molecular weight is 397 g/mol. The number of hydrogen-bond acceptors (Lipinski definition) is 2. The summed E-state index contributed by atoms with van der Waals surface area (Å²) in [5.74, 6) is 0.892. The Morgan fingerprint density at radius 3 is 2.55 bits per heavy atom. The summed E-state index contributed by atoms with van der Waals surface area (Å²) < 4.78 is 13.5. The Bertz CT molecular complexity index is 836. The molecule has 4 heteroatoms. The Morgan fingerprint density at radius 1 is 1.07 bits per heavy atom. The lowest BCUT2D eigenvalue weighted by molar-refractivity contribution is -0.284. The quantitative estimate of drug-likeness (QED) is 0.782. The first kappa shape index (κ1) is 18.4. The molecular weight excluding hydrogens is 363 g/mol. The third kappa shape index (κ3) is 2.05. The lowest BCUT2D eigenvalue weighted by Gasteiger charge is -2.80. The topological polar surface area (TPSA) is 55.1 Å². The predicted octanol–water partition coefficient (Wildman–Crippen LogP) is 4.25. The van der Waals surface area contributed by atoms with Gasteiger partial charge in [-0.15, -0.1) is 0 Å². The van der Waals surface area contributed by atoms with Crippen molar-refractivity contribution in [2.75, 3.05) is 6.67 Å². The molecule has 5 aliphatic carbocycles. The summed E-state index contributed by atoms with van der Waals surface area (Å²) in [5, 5.41) is 3.45. The molecule has 2 bridgehead atoms. The van der Waals surface area contributed by atoms with Crippen LogP contribution in [0.15, 0.2) is 30.3 Å². The summed E-state index contributed by atoms with van der Waals surface area (Å²) >= 11 is 0. The molecule has 1 aromatic carbocycles. The molecule has 3 N–H and O–H groups in total. The summed E-state index contributed by atoms with van der Waals surface area (Å²) in [6, 6.07) is 11.5. The summed E-state index contributed by atoms with van der Waals surface area (Å²) in [4.78, 5) is 13.7. The van der Waals surface area contributed by atoms with E-state index < -0.39 is 0 Å². The number of nitrogens with one attached hydrogen (secondary N) is 1. The molecule has 0 radical (unpaired) electrons. The molecule has 156 valence electrons. The molecule has 0 heterocycles. The van der Waals surface area contributed by atoms with Crippen LogP contribution >= 0.6 is 0 Å². The number of rotatable bonds is 5. The fraction of sp³-hybridized carbons (Fsp3) is 0.720. The average Bonchev–Trinajstić information content (AvgIpc) is 3.19. The molecule has 1 aromatic rings. The van der Waals surface area contributed by atoms with Gasteiger partial charge in [-0.25, -0.2) is 0 Å². The van der Waals surface area contributed by atoms with Crippen LogP contribution in [0.2, 0.25) is 0 Å². The second kappa shape index (κ2) is 5.84. The lowest BCUT2D eigenvalue weighted by Crippen LogP contribution is -2.76. The van der Waals surface area contributed by atoms with E-state index in [1.165, 1.54) is 5.56 Å². The number of hydrogen-bond donors (Lipinski definition) is 2. The Kier molecular flexibility index (Phi) is 3.70. The van der Waals surface area contributed by atoms with E-state index >= 15 is 0 Å². The smallest absolute Gasteiger partial charge is 0.226 e. The van der Waals surface area contributed by atoms with Crippen LogP contribution < -0.4 is 11.1 Å². The van der Waals surface area contributed by atoms with Crippen molar-refractivity contribution in [1.82, 2.24) is 5.32 Å². The molecule has 3 nitrogen and oxygen atoms in total. The molecule has 5 saturated carbocycles. The Morgan fingerprint density at radius 2 is 1.83 bits per heavy atom. The van der Waals surface area contributed by atoms with Crippen LogP contribution in [0.1, 0.15) is 69.8 Å². The van der Waals surface area contributed by atoms with E-state index in [4.69, 9.17) is 5.73 Å². The van der Waals surface area contributed by atoms with Crippen LogP contribution in [0.3, 0.4) is 0 Å². The van der Waals surface area contributed by atoms with Gasteiger partial charge in [-0.3, -0.25) is 9.18 Å². The van der Waals surface area contributed by atoms with E-state index in [9.17, 15) is 9.18 Å². The highest BCUT2D eigenvalue weighted by Crippen LogP contribution is 2.94. The van der Waals surface area contributed by atoms with E-state index in [1.54, 1.807) is 0 Å². The number of carbonyl (C=O) groups is 1. The fourth-order valence-corrected chi connectivity index (χ4v) is 9.31. The highest BCUT2D eigenvalue weighted by molar-refractivity contribution is 5.85. The van der Waals surface area contributed by atoms with Gasteiger partial charge in [-0.2, -0.15) is 0 Å². The molecule has 6 rings (SSSR count). The van der Waals surface area contributed by atoms with Crippen LogP contribution in [-0.2, 0) is 10.2 Å². The molecular formula is C25H33FN2O. The van der Waals surface area contributed by atoms with Gasteiger partial charge in [0.15, 0.2) is 0 Å². The molecule has 1 amide bonds. The Hall–Kier alpha value is -1.42. The molecule has 0 aliphatic heterocycles. The van der Waals surface area contributed by atoms with Gasteiger partial charge in [0, 0.05) is 17.5 Å². The van der Waals surface area contributed by atoms with Crippen LogP contribution in [0.4, 0.5) is 4.39 Å². The predicted molar refractivity (Wildman–Crippen MR) is 111 cm³/mol. The van der Waals surface area contributed by atoms with Gasteiger partial charge in [-0.05, 0) is 86.5 Å². The minimum absolute atomic E-state index is 0.0941. The van der Waals surface area contributed by atoms with Crippen molar-refractivity contribution in [2.45, 2.75) is 81.7 Å². The summed E-state index contributed by atoms with van der Waals surface area (Å²) in [6.45, 7) is -0.221. The van der Waals surface area contributed by atoms with Gasteiger partial charge in [0.2, 0.25) is 5.91 Å². The van der Waals surface area contributed by atoms with E-state index in [2.05, 4.69) is 35.6 Å². The first-order valence-electron chi connectivity index (χ1n) is 11.7. The maximum absolute atomic E-state index is 13.7. The van der Waals surface area contributed by atoms with E-state index in [0.29, 0.717) is 24.3 Å². The largest absolute Gasteiger partial charge is 0.353 e. The summed E-state index contributed by atoms with van der Waals surface area (Å²) in [7, 11) is 0. The SMILES string of the molecule is NC1CCC(NC(=O)C23CC4C[C@]5(CCF)C[C@@](c6ccccc6)(C2)C45C3)CC1. The van der Waals surface area contributed by atoms with E-state index in [1.807, 2.05) is 0 Å². The minimum atomic E-state index is -0.241. The molecule has 5 atom stereocenters. The maximum Gasteiger partial charge on any atom is 0.226 e. The number of nitrogens with two attached hydrogens (primary N) is 1. The van der Waals surface area contributed by atoms with Crippen molar-refractivity contribution in [3.05, 3.63) is 35.9 Å². The zero-order chi connectivity index (χ0) is 19.9. The van der Waals surface area contributed by atoms with Crippen molar-refractivity contribution in [1.29, 1.82) is 0 Å².